The van der Waals surface area contributed by atoms with Crippen molar-refractivity contribution in [1.29, 1.82) is 0 Å². The van der Waals surface area contributed by atoms with Gasteiger partial charge in [-0.1, -0.05) is 18.7 Å². The molecule has 0 spiro atoms. The van der Waals surface area contributed by atoms with Crippen molar-refractivity contribution < 1.29 is 4.79 Å². The van der Waals surface area contributed by atoms with Crippen LogP contribution in [0.2, 0.25) is 0 Å². The van der Waals surface area contributed by atoms with Crippen LogP contribution in [0.4, 0.5) is 5.69 Å². The van der Waals surface area contributed by atoms with E-state index in [1.54, 1.807) is 23.0 Å². The lowest BCUT2D eigenvalue weighted by Gasteiger charge is -2.15. The molecule has 0 atom stereocenters. The molecule has 6 nitrogen and oxygen atoms in total. The van der Waals surface area contributed by atoms with Crippen LogP contribution in [0.25, 0.3) is 5.70 Å². The lowest BCUT2D eigenvalue weighted by atomic mass is 10.1. The fraction of sp³-hybridized carbons (Fsp3) is 0.318. The monoisotopic (exact) mass is 378 g/mol. The maximum atomic E-state index is 12.9. The molecule has 28 heavy (non-hydrogen) atoms. The van der Waals surface area contributed by atoms with E-state index in [2.05, 4.69) is 22.2 Å². The van der Waals surface area contributed by atoms with E-state index in [9.17, 15) is 9.59 Å². The number of hydrogen-bond donors (Lipinski definition) is 2. The van der Waals surface area contributed by atoms with Crippen LogP contribution in [0.5, 0.6) is 0 Å². The first-order valence-electron chi connectivity index (χ1n) is 9.44. The Bertz CT molecular complexity index is 1000. The van der Waals surface area contributed by atoms with Gasteiger partial charge in [0.25, 0.3) is 11.5 Å². The zero-order valence-electron chi connectivity index (χ0n) is 16.6. The lowest BCUT2D eigenvalue weighted by molar-refractivity contribution is 0.0961. The van der Waals surface area contributed by atoms with Crippen molar-refractivity contribution in [1.82, 2.24) is 15.2 Å². The Morgan fingerprint density at radius 1 is 1.39 bits per heavy atom. The lowest BCUT2D eigenvalue weighted by Crippen LogP contribution is -2.32. The molecular weight excluding hydrogens is 352 g/mol. The number of carbonyl (C=O) groups excluding carboxylic acids is 1. The van der Waals surface area contributed by atoms with Crippen LogP contribution in [-0.2, 0) is 6.54 Å². The van der Waals surface area contributed by atoms with Gasteiger partial charge in [0, 0.05) is 36.8 Å². The fourth-order valence-corrected chi connectivity index (χ4v) is 3.08. The molecule has 0 saturated heterocycles. The summed E-state index contributed by atoms with van der Waals surface area (Å²) in [6, 6.07) is 7.88. The number of pyridine rings is 1. The third kappa shape index (κ3) is 4.22. The summed E-state index contributed by atoms with van der Waals surface area (Å²) in [6.45, 7) is 8.30. The largest absolute Gasteiger partial charge is 0.382 e. The van der Waals surface area contributed by atoms with Crippen LogP contribution >= 0.6 is 0 Å². The molecule has 1 heterocycles. The molecule has 1 fully saturated rings. The molecule has 0 radical (unpaired) electrons. The van der Waals surface area contributed by atoms with Gasteiger partial charge in [-0.15, -0.1) is 0 Å². The van der Waals surface area contributed by atoms with Crippen LogP contribution in [0, 0.1) is 6.92 Å². The Hall–Kier alpha value is -3.15. The summed E-state index contributed by atoms with van der Waals surface area (Å²) in [4.78, 5) is 29.6. The molecule has 2 N–H and O–H groups in total. The molecule has 0 aliphatic heterocycles. The minimum atomic E-state index is -0.402. The topological polar surface area (TPSA) is 75.5 Å². The molecule has 1 aliphatic carbocycles. The molecule has 1 aromatic heterocycles. The van der Waals surface area contributed by atoms with Gasteiger partial charge in [-0.2, -0.15) is 0 Å². The molecule has 0 bridgehead atoms. The van der Waals surface area contributed by atoms with Crippen molar-refractivity contribution >= 4 is 23.5 Å². The molecule has 1 amide bonds. The van der Waals surface area contributed by atoms with Crippen molar-refractivity contribution in [2.24, 2.45) is 4.99 Å². The van der Waals surface area contributed by atoms with E-state index in [1.165, 1.54) is 7.05 Å². The maximum absolute atomic E-state index is 12.9. The number of nitrogens with one attached hydrogen (secondary N) is 2. The Morgan fingerprint density at radius 2 is 2.14 bits per heavy atom. The van der Waals surface area contributed by atoms with E-state index in [0.29, 0.717) is 12.6 Å². The number of aromatic nitrogens is 1. The van der Waals surface area contributed by atoms with Gasteiger partial charge in [-0.25, -0.2) is 0 Å². The summed E-state index contributed by atoms with van der Waals surface area (Å²) in [7, 11) is 1.52. The van der Waals surface area contributed by atoms with Crippen LogP contribution < -0.4 is 16.2 Å². The van der Waals surface area contributed by atoms with E-state index in [0.717, 1.165) is 40.9 Å². The van der Waals surface area contributed by atoms with Gasteiger partial charge in [0.05, 0.1) is 12.2 Å². The van der Waals surface area contributed by atoms with Crippen LogP contribution in [0.1, 0.15) is 46.8 Å². The molecule has 2 aromatic rings. The third-order valence-electron chi connectivity index (χ3n) is 4.89. The normalized spacial score (nSPS) is 13.5. The molecule has 1 aromatic carbocycles. The summed E-state index contributed by atoms with van der Waals surface area (Å²) >= 11 is 0. The van der Waals surface area contributed by atoms with E-state index in [4.69, 9.17) is 0 Å². The fourth-order valence-electron chi connectivity index (χ4n) is 3.08. The first kappa shape index (κ1) is 19.6. The molecule has 0 unspecified atom stereocenters. The standard InChI is InChI=1S/C22H26N4O2/c1-5-24-20-8-6-7-16(14(20)2)12-26-13-17(15(3)25-18-9-10-18)11-19(22(26)28)21(27)23-4/h5-8,11,13,18,25H,3,9-10,12H2,1-2,4H3,(H,23,27)/b24-5-. The van der Waals surface area contributed by atoms with E-state index in [1.807, 2.05) is 32.0 Å². The van der Waals surface area contributed by atoms with Gasteiger partial charge >= 0.3 is 0 Å². The Labute approximate surface area is 165 Å². The molecule has 3 rings (SSSR count). The van der Waals surface area contributed by atoms with Gasteiger partial charge in [0.2, 0.25) is 0 Å². The van der Waals surface area contributed by atoms with Gasteiger partial charge in [-0.3, -0.25) is 14.6 Å². The Kier molecular flexibility index (Phi) is 5.78. The number of benzene rings is 1. The molecule has 6 heteroatoms. The van der Waals surface area contributed by atoms with Crippen molar-refractivity contribution in [2.75, 3.05) is 7.05 Å². The number of nitrogens with zero attached hydrogens (tertiary/aromatic N) is 2. The summed E-state index contributed by atoms with van der Waals surface area (Å²) in [6.07, 6.45) is 5.74. The average molecular weight is 378 g/mol. The zero-order valence-corrected chi connectivity index (χ0v) is 16.6. The van der Waals surface area contributed by atoms with E-state index >= 15 is 0 Å². The van der Waals surface area contributed by atoms with Crippen LogP contribution in [0.3, 0.4) is 0 Å². The van der Waals surface area contributed by atoms with Crippen LogP contribution in [-0.4, -0.2) is 29.8 Å². The molecule has 1 aliphatic rings. The highest BCUT2D eigenvalue weighted by Gasteiger charge is 2.22. The highest BCUT2D eigenvalue weighted by molar-refractivity contribution is 5.94. The van der Waals surface area contributed by atoms with Crippen molar-refractivity contribution in [2.45, 2.75) is 39.3 Å². The number of hydrogen-bond acceptors (Lipinski definition) is 4. The van der Waals surface area contributed by atoms with Crippen molar-refractivity contribution in [3.63, 3.8) is 0 Å². The molecule has 146 valence electrons. The minimum absolute atomic E-state index is 0.110. The Balaban J connectivity index is 2.04. The maximum Gasteiger partial charge on any atom is 0.263 e. The third-order valence-corrected chi connectivity index (χ3v) is 4.89. The highest BCUT2D eigenvalue weighted by Crippen LogP contribution is 2.24. The van der Waals surface area contributed by atoms with Crippen LogP contribution in [0.15, 0.2) is 46.8 Å². The second kappa shape index (κ2) is 8.25. The summed E-state index contributed by atoms with van der Waals surface area (Å²) in [5.41, 5.74) is 4.11. The van der Waals surface area contributed by atoms with Crippen molar-refractivity contribution in [3.05, 3.63) is 69.6 Å². The smallest absolute Gasteiger partial charge is 0.263 e. The van der Waals surface area contributed by atoms with Crippen molar-refractivity contribution in [3.8, 4) is 0 Å². The van der Waals surface area contributed by atoms with Gasteiger partial charge < -0.3 is 15.2 Å². The van der Waals surface area contributed by atoms with Gasteiger partial charge in [0.1, 0.15) is 5.56 Å². The zero-order chi connectivity index (χ0) is 20.3. The highest BCUT2D eigenvalue weighted by atomic mass is 16.2. The average Bonchev–Trinajstić information content (AvgIpc) is 3.49. The number of aliphatic imine (C=N–C) groups is 1. The number of amides is 1. The second-order valence-corrected chi connectivity index (χ2v) is 7.00. The van der Waals surface area contributed by atoms with Gasteiger partial charge in [-0.05, 0) is 49.9 Å². The second-order valence-electron chi connectivity index (χ2n) is 7.00. The summed E-state index contributed by atoms with van der Waals surface area (Å²) < 4.78 is 1.57. The Morgan fingerprint density at radius 3 is 2.79 bits per heavy atom. The molecular formula is C22H26N4O2. The van der Waals surface area contributed by atoms with E-state index < -0.39 is 5.91 Å². The minimum Gasteiger partial charge on any atom is -0.382 e. The van der Waals surface area contributed by atoms with Gasteiger partial charge in [0.15, 0.2) is 0 Å². The predicted octanol–water partition coefficient (Wildman–Crippen LogP) is 3.01. The first-order valence-corrected chi connectivity index (χ1v) is 9.44. The quantitative estimate of drug-likeness (QED) is 0.727. The molecule has 1 saturated carbocycles. The summed E-state index contributed by atoms with van der Waals surface area (Å²) in [5, 5.41) is 5.89. The van der Waals surface area contributed by atoms with E-state index in [-0.39, 0.29) is 11.1 Å². The first-order chi connectivity index (χ1) is 13.4. The number of rotatable bonds is 7. The predicted molar refractivity (Wildman–Crippen MR) is 113 cm³/mol. The summed E-state index contributed by atoms with van der Waals surface area (Å²) in [5.74, 6) is -0.402. The SMILES string of the molecule is C=C(NC1CC1)c1cc(C(=O)NC)c(=O)n(Cc2cccc(/N=C\C)c2C)c1. The number of carbonyl (C=O) groups is 1.